The van der Waals surface area contributed by atoms with Crippen LogP contribution in [-0.2, 0) is 19.3 Å². The van der Waals surface area contributed by atoms with Gasteiger partial charge < -0.3 is 14.0 Å². The van der Waals surface area contributed by atoms with Crippen LogP contribution < -0.4 is 0 Å². The molecule has 0 atom stereocenters. The van der Waals surface area contributed by atoms with Gasteiger partial charge in [-0.05, 0) is 11.4 Å². The highest BCUT2D eigenvalue weighted by molar-refractivity contribution is 7.13. The first-order chi connectivity index (χ1) is 11.9. The fourth-order valence-corrected chi connectivity index (χ4v) is 3.31. The van der Waals surface area contributed by atoms with Crippen LogP contribution in [0.5, 0.6) is 0 Å². The first kappa shape index (κ1) is 15.9. The van der Waals surface area contributed by atoms with E-state index in [-0.39, 0.29) is 31.2 Å². The third kappa shape index (κ3) is 2.93. The first-order valence-corrected chi connectivity index (χ1v) is 8.23. The van der Waals surface area contributed by atoms with Gasteiger partial charge in [0.25, 0.3) is 5.91 Å². The molecule has 1 aliphatic heterocycles. The minimum absolute atomic E-state index is 0.00386. The summed E-state index contributed by atoms with van der Waals surface area (Å²) < 4.78 is 44.9. The van der Waals surface area contributed by atoms with E-state index in [1.165, 1.54) is 26.9 Å². The van der Waals surface area contributed by atoms with E-state index >= 15 is 0 Å². The van der Waals surface area contributed by atoms with Crippen molar-refractivity contribution in [1.82, 2.24) is 19.6 Å². The molecular weight excluding hydrogens is 357 g/mol. The van der Waals surface area contributed by atoms with Gasteiger partial charge in [0.05, 0.1) is 11.4 Å². The highest BCUT2D eigenvalue weighted by Crippen LogP contribution is 2.30. The van der Waals surface area contributed by atoms with E-state index in [0.717, 1.165) is 11.1 Å². The van der Waals surface area contributed by atoms with Crippen LogP contribution in [0.2, 0.25) is 0 Å². The zero-order chi connectivity index (χ0) is 17.6. The number of halogens is 3. The minimum Gasteiger partial charge on any atom is -0.355 e. The fraction of sp³-hybridized carbons (Fsp3) is 0.267. The van der Waals surface area contributed by atoms with E-state index in [1.807, 2.05) is 17.5 Å². The molecule has 0 bridgehead atoms. The van der Waals surface area contributed by atoms with Crippen molar-refractivity contribution in [2.45, 2.75) is 19.3 Å². The maximum Gasteiger partial charge on any atom is 0.434 e. The summed E-state index contributed by atoms with van der Waals surface area (Å²) in [4.78, 5) is 18.4. The van der Waals surface area contributed by atoms with Crippen molar-refractivity contribution in [2.24, 2.45) is 0 Å². The predicted molar refractivity (Wildman–Crippen MR) is 81.8 cm³/mol. The van der Waals surface area contributed by atoms with Crippen molar-refractivity contribution in [1.29, 1.82) is 0 Å². The molecule has 4 heterocycles. The number of rotatable bonds is 2. The lowest BCUT2D eigenvalue weighted by Gasteiger charge is -2.26. The largest absolute Gasteiger partial charge is 0.434 e. The van der Waals surface area contributed by atoms with E-state index in [2.05, 4.69) is 10.1 Å². The van der Waals surface area contributed by atoms with Crippen molar-refractivity contribution in [3.05, 3.63) is 47.0 Å². The third-order valence-electron chi connectivity index (χ3n) is 3.87. The molecule has 1 amide bonds. The van der Waals surface area contributed by atoms with E-state index in [9.17, 15) is 18.0 Å². The van der Waals surface area contributed by atoms with Crippen LogP contribution in [0.25, 0.3) is 10.6 Å². The standard InChI is InChI=1S/C15H11F3N4O2S/c16-15(17,18)12-7-21-3-4-22(8-13(21)19-12)14(23)9-6-10(24-20-9)11-2-1-5-25-11/h1-2,5-7H,3-4,8H2. The average molecular weight is 368 g/mol. The molecule has 0 saturated carbocycles. The van der Waals surface area contributed by atoms with Gasteiger partial charge >= 0.3 is 6.18 Å². The van der Waals surface area contributed by atoms with Gasteiger partial charge in [0.15, 0.2) is 17.1 Å². The Bertz CT molecular complexity index is 914. The number of aromatic nitrogens is 3. The number of carbonyl (C=O) groups excluding carboxylic acids is 1. The van der Waals surface area contributed by atoms with E-state index in [4.69, 9.17) is 4.52 Å². The normalized spacial score (nSPS) is 14.6. The molecule has 0 aliphatic carbocycles. The molecule has 1 aliphatic rings. The summed E-state index contributed by atoms with van der Waals surface area (Å²) in [6.45, 7) is 0.524. The van der Waals surface area contributed by atoms with Gasteiger partial charge in [-0.3, -0.25) is 4.79 Å². The molecule has 6 nitrogen and oxygen atoms in total. The summed E-state index contributed by atoms with van der Waals surface area (Å²) in [7, 11) is 0. The van der Waals surface area contributed by atoms with Crippen LogP contribution in [0.3, 0.4) is 0 Å². The van der Waals surface area contributed by atoms with Crippen molar-refractivity contribution in [3.8, 4) is 10.6 Å². The SMILES string of the molecule is O=C(c1cc(-c2cccs2)on1)N1CCn2cc(C(F)(F)F)nc2C1. The molecule has 0 radical (unpaired) electrons. The lowest BCUT2D eigenvalue weighted by molar-refractivity contribution is -0.141. The van der Waals surface area contributed by atoms with Crippen molar-refractivity contribution in [3.63, 3.8) is 0 Å². The summed E-state index contributed by atoms with van der Waals surface area (Å²) in [5.41, 5.74) is -0.822. The second-order valence-electron chi connectivity index (χ2n) is 5.51. The zero-order valence-corrected chi connectivity index (χ0v) is 13.5. The number of alkyl halides is 3. The number of fused-ring (bicyclic) bond motifs is 1. The Balaban J connectivity index is 1.53. The topological polar surface area (TPSA) is 64.2 Å². The first-order valence-electron chi connectivity index (χ1n) is 7.35. The average Bonchev–Trinajstić information content (AvgIpc) is 3.30. The summed E-state index contributed by atoms with van der Waals surface area (Å²) in [6.07, 6.45) is -3.52. The number of hydrogen-bond acceptors (Lipinski definition) is 5. The Morgan fingerprint density at radius 3 is 2.88 bits per heavy atom. The van der Waals surface area contributed by atoms with Crippen LogP contribution in [0.4, 0.5) is 13.2 Å². The number of imidazole rings is 1. The van der Waals surface area contributed by atoms with Crippen molar-refractivity contribution in [2.75, 3.05) is 6.54 Å². The second kappa shape index (κ2) is 5.73. The maximum atomic E-state index is 12.8. The Hall–Kier alpha value is -2.62. The monoisotopic (exact) mass is 368 g/mol. The number of carbonyl (C=O) groups is 1. The summed E-state index contributed by atoms with van der Waals surface area (Å²) >= 11 is 1.45. The molecule has 130 valence electrons. The van der Waals surface area contributed by atoms with Gasteiger partial charge in [0.1, 0.15) is 5.82 Å². The highest BCUT2D eigenvalue weighted by atomic mass is 32.1. The van der Waals surface area contributed by atoms with Crippen LogP contribution in [0, 0.1) is 0 Å². The molecule has 10 heteroatoms. The molecule has 0 aromatic carbocycles. The molecule has 0 spiro atoms. The molecule has 0 saturated heterocycles. The van der Waals surface area contributed by atoms with Crippen LogP contribution in [0.1, 0.15) is 22.0 Å². The van der Waals surface area contributed by atoms with Crippen LogP contribution in [0.15, 0.2) is 34.3 Å². The van der Waals surface area contributed by atoms with Gasteiger partial charge in [-0.2, -0.15) is 13.2 Å². The lowest BCUT2D eigenvalue weighted by Crippen LogP contribution is -2.38. The number of nitrogens with zero attached hydrogens (tertiary/aromatic N) is 4. The van der Waals surface area contributed by atoms with Gasteiger partial charge in [-0.1, -0.05) is 11.2 Å². The van der Waals surface area contributed by atoms with Gasteiger partial charge in [-0.15, -0.1) is 11.3 Å². The maximum absolute atomic E-state index is 12.8. The fourth-order valence-electron chi connectivity index (χ4n) is 2.64. The number of amides is 1. The van der Waals surface area contributed by atoms with Crippen LogP contribution in [-0.4, -0.2) is 32.1 Å². The lowest BCUT2D eigenvalue weighted by atomic mass is 10.2. The molecule has 3 aromatic rings. The smallest absolute Gasteiger partial charge is 0.355 e. The van der Waals surface area contributed by atoms with Crippen LogP contribution >= 0.6 is 11.3 Å². The Labute approximate surface area is 143 Å². The molecule has 0 unspecified atom stereocenters. The molecule has 0 N–H and O–H groups in total. The predicted octanol–water partition coefficient (Wildman–Crippen LogP) is 3.27. The summed E-state index contributed by atoms with van der Waals surface area (Å²) in [5, 5.41) is 5.66. The Morgan fingerprint density at radius 2 is 2.16 bits per heavy atom. The van der Waals surface area contributed by atoms with E-state index in [1.54, 1.807) is 0 Å². The summed E-state index contributed by atoms with van der Waals surface area (Å²) in [5.74, 6) is 0.291. The Kier molecular flexibility index (Phi) is 3.64. The Morgan fingerprint density at radius 1 is 1.32 bits per heavy atom. The van der Waals surface area contributed by atoms with Gasteiger partial charge in [0.2, 0.25) is 0 Å². The molecule has 0 fully saturated rings. The zero-order valence-electron chi connectivity index (χ0n) is 12.7. The molecule has 3 aromatic heterocycles. The highest BCUT2D eigenvalue weighted by Gasteiger charge is 2.36. The van der Waals surface area contributed by atoms with Gasteiger partial charge in [-0.25, -0.2) is 4.98 Å². The number of hydrogen-bond donors (Lipinski definition) is 0. The molecule has 25 heavy (non-hydrogen) atoms. The third-order valence-corrected chi connectivity index (χ3v) is 4.76. The van der Waals surface area contributed by atoms with Crippen molar-refractivity contribution >= 4 is 17.2 Å². The van der Waals surface area contributed by atoms with Crippen molar-refractivity contribution < 1.29 is 22.5 Å². The molecule has 4 rings (SSSR count). The molecular formula is C15H11F3N4O2S. The van der Waals surface area contributed by atoms with E-state index < -0.39 is 17.8 Å². The second-order valence-corrected chi connectivity index (χ2v) is 6.46. The number of thiophene rings is 1. The van der Waals surface area contributed by atoms with Gasteiger partial charge in [0, 0.05) is 25.4 Å². The summed E-state index contributed by atoms with van der Waals surface area (Å²) in [6, 6.07) is 5.24. The quantitative estimate of drug-likeness (QED) is 0.696. The van der Waals surface area contributed by atoms with E-state index in [0.29, 0.717) is 5.76 Å². The minimum atomic E-state index is -4.50.